The number of phenols is 1. The lowest BCUT2D eigenvalue weighted by molar-refractivity contribution is 0.0971. The molecule has 8 heteroatoms. The number of hydrogen-bond acceptors (Lipinski definition) is 5. The number of phenolic OH excluding ortho intramolecular Hbond substituents is 1. The van der Waals surface area contributed by atoms with Crippen LogP contribution in [0.25, 0.3) is 11.0 Å². The van der Waals surface area contributed by atoms with Gasteiger partial charge in [-0.25, -0.2) is 0 Å². The van der Waals surface area contributed by atoms with Crippen molar-refractivity contribution in [3.63, 3.8) is 0 Å². The zero-order chi connectivity index (χ0) is 24.3. The van der Waals surface area contributed by atoms with E-state index in [9.17, 15) is 14.7 Å². The van der Waals surface area contributed by atoms with Crippen LogP contribution in [0.3, 0.4) is 0 Å². The molecule has 0 fully saturated rings. The summed E-state index contributed by atoms with van der Waals surface area (Å²) in [5.74, 6) is -0.249. The molecule has 0 saturated carbocycles. The highest BCUT2D eigenvalue weighted by molar-refractivity contribution is 9.10. The number of amides is 1. The lowest BCUT2D eigenvalue weighted by Gasteiger charge is -2.26. The van der Waals surface area contributed by atoms with E-state index in [1.165, 1.54) is 7.11 Å². The molecule has 1 amide bonds. The SMILES string of the molecule is COc1cc(C2c3c(oc4ccc(Br)cc4c3=O)C(=O)N2c2ccc(C)c(C)c2)cc(Br)c1O. The van der Waals surface area contributed by atoms with Crippen LogP contribution in [0.2, 0.25) is 0 Å². The van der Waals surface area contributed by atoms with Gasteiger partial charge in [-0.3, -0.25) is 14.5 Å². The van der Waals surface area contributed by atoms with Crippen molar-refractivity contribution in [3.05, 3.63) is 95.7 Å². The summed E-state index contributed by atoms with van der Waals surface area (Å²) in [7, 11) is 1.44. The smallest absolute Gasteiger partial charge is 0.295 e. The second-order valence-corrected chi connectivity index (χ2v) is 9.98. The molecule has 1 unspecified atom stereocenters. The molecule has 1 atom stereocenters. The highest BCUT2D eigenvalue weighted by atomic mass is 79.9. The number of aryl methyl sites for hydroxylation is 2. The zero-order valence-electron chi connectivity index (χ0n) is 18.5. The molecule has 1 N–H and O–H groups in total. The Morgan fingerprint density at radius 3 is 2.47 bits per heavy atom. The maximum absolute atomic E-state index is 13.8. The molecule has 1 aromatic heterocycles. The topological polar surface area (TPSA) is 80.0 Å². The van der Waals surface area contributed by atoms with Crippen molar-refractivity contribution >= 4 is 54.4 Å². The number of anilines is 1. The van der Waals surface area contributed by atoms with Gasteiger partial charge in [0.1, 0.15) is 5.58 Å². The minimum Gasteiger partial charge on any atom is -0.503 e. The summed E-state index contributed by atoms with van der Waals surface area (Å²) >= 11 is 6.77. The van der Waals surface area contributed by atoms with E-state index in [0.717, 1.165) is 15.6 Å². The number of methoxy groups -OCH3 is 1. The number of halogens is 2. The van der Waals surface area contributed by atoms with Crippen LogP contribution in [0, 0.1) is 13.8 Å². The normalized spacial score (nSPS) is 15.1. The quantitative estimate of drug-likeness (QED) is 0.301. The Hall–Kier alpha value is -3.10. The minimum atomic E-state index is -0.782. The number of rotatable bonds is 3. The first-order valence-electron chi connectivity index (χ1n) is 10.4. The summed E-state index contributed by atoms with van der Waals surface area (Å²) in [5.41, 5.74) is 3.62. The van der Waals surface area contributed by atoms with Gasteiger partial charge in [0.25, 0.3) is 5.91 Å². The van der Waals surface area contributed by atoms with E-state index >= 15 is 0 Å². The molecule has 4 aromatic rings. The van der Waals surface area contributed by atoms with E-state index in [-0.39, 0.29) is 28.3 Å². The number of benzene rings is 3. The molecule has 6 nitrogen and oxygen atoms in total. The fourth-order valence-corrected chi connectivity index (χ4v) is 5.13. The molecule has 0 radical (unpaired) electrons. The van der Waals surface area contributed by atoms with Crippen molar-refractivity contribution < 1.29 is 19.1 Å². The number of aromatic hydroxyl groups is 1. The van der Waals surface area contributed by atoms with Gasteiger partial charge in [0.2, 0.25) is 5.76 Å². The standard InChI is InChI=1S/C26H19Br2NO5/c1-12-4-6-16(8-13(12)2)29-22(14-9-18(28)24(31)20(10-14)33-3)21-23(30)17-11-15(27)5-7-19(17)34-25(21)26(29)32/h4-11,22,31H,1-3H3. The molecule has 34 heavy (non-hydrogen) atoms. The van der Waals surface area contributed by atoms with Gasteiger partial charge in [-0.2, -0.15) is 0 Å². The molecule has 0 bridgehead atoms. The van der Waals surface area contributed by atoms with Gasteiger partial charge >= 0.3 is 0 Å². The summed E-state index contributed by atoms with van der Waals surface area (Å²) in [6.45, 7) is 3.96. The van der Waals surface area contributed by atoms with E-state index in [1.807, 2.05) is 32.0 Å². The minimum absolute atomic E-state index is 0.00575. The zero-order valence-corrected chi connectivity index (χ0v) is 21.7. The Morgan fingerprint density at radius 1 is 1.00 bits per heavy atom. The van der Waals surface area contributed by atoms with E-state index in [0.29, 0.717) is 26.7 Å². The predicted molar refractivity (Wildman–Crippen MR) is 137 cm³/mol. The first-order chi connectivity index (χ1) is 16.2. The van der Waals surface area contributed by atoms with Crippen LogP contribution < -0.4 is 15.1 Å². The number of ether oxygens (including phenoxy) is 1. The lowest BCUT2D eigenvalue weighted by atomic mass is 9.97. The Morgan fingerprint density at radius 2 is 1.76 bits per heavy atom. The Balaban J connectivity index is 1.85. The van der Waals surface area contributed by atoms with Crippen LogP contribution in [0.15, 0.2) is 66.7 Å². The third-order valence-corrected chi connectivity index (χ3v) is 7.29. The highest BCUT2D eigenvalue weighted by Gasteiger charge is 2.44. The molecular formula is C26H19Br2NO5. The second-order valence-electron chi connectivity index (χ2n) is 8.21. The van der Waals surface area contributed by atoms with Crippen molar-refractivity contribution in [1.82, 2.24) is 0 Å². The van der Waals surface area contributed by atoms with Crippen molar-refractivity contribution in [2.75, 3.05) is 12.0 Å². The molecule has 2 heterocycles. The summed E-state index contributed by atoms with van der Waals surface area (Å²) < 4.78 is 12.5. The van der Waals surface area contributed by atoms with Gasteiger partial charge < -0.3 is 14.3 Å². The number of nitrogens with zero attached hydrogens (tertiary/aromatic N) is 1. The van der Waals surface area contributed by atoms with E-state index < -0.39 is 11.9 Å². The predicted octanol–water partition coefficient (Wildman–Crippen LogP) is 6.40. The molecule has 0 saturated heterocycles. The molecule has 0 spiro atoms. The van der Waals surface area contributed by atoms with Crippen molar-refractivity contribution in [2.45, 2.75) is 19.9 Å². The molecule has 5 rings (SSSR count). The van der Waals surface area contributed by atoms with Gasteiger partial charge in [0.15, 0.2) is 16.9 Å². The first kappa shape index (κ1) is 22.7. The number of fused-ring (bicyclic) bond motifs is 2. The van der Waals surface area contributed by atoms with Crippen LogP contribution in [-0.2, 0) is 0 Å². The van der Waals surface area contributed by atoms with Gasteiger partial charge in [0, 0.05) is 10.2 Å². The fourth-order valence-electron chi connectivity index (χ4n) is 4.31. The molecule has 1 aliphatic rings. The fraction of sp³-hybridized carbons (Fsp3) is 0.154. The number of carbonyl (C=O) groups excluding carboxylic acids is 1. The molecular weight excluding hydrogens is 566 g/mol. The lowest BCUT2D eigenvalue weighted by Crippen LogP contribution is -2.29. The second kappa shape index (κ2) is 8.29. The molecule has 172 valence electrons. The van der Waals surface area contributed by atoms with Crippen molar-refractivity contribution in [2.24, 2.45) is 0 Å². The monoisotopic (exact) mass is 583 g/mol. The molecule has 0 aliphatic carbocycles. The van der Waals surface area contributed by atoms with Gasteiger partial charge in [-0.15, -0.1) is 0 Å². The summed E-state index contributed by atoms with van der Waals surface area (Å²) in [5, 5.41) is 10.7. The summed E-state index contributed by atoms with van der Waals surface area (Å²) in [6.07, 6.45) is 0. The van der Waals surface area contributed by atoms with Gasteiger partial charge in [-0.1, -0.05) is 22.0 Å². The highest BCUT2D eigenvalue weighted by Crippen LogP contribution is 2.45. The largest absolute Gasteiger partial charge is 0.503 e. The Labute approximate surface area is 212 Å². The summed E-state index contributed by atoms with van der Waals surface area (Å²) in [6, 6.07) is 13.4. The molecule has 1 aliphatic heterocycles. The van der Waals surface area contributed by atoms with E-state index in [1.54, 1.807) is 35.2 Å². The van der Waals surface area contributed by atoms with Gasteiger partial charge in [-0.05, 0) is 88.9 Å². The molecule has 3 aromatic carbocycles. The van der Waals surface area contributed by atoms with Crippen LogP contribution >= 0.6 is 31.9 Å². The third-order valence-electron chi connectivity index (χ3n) is 6.19. The van der Waals surface area contributed by atoms with Crippen LogP contribution in [0.5, 0.6) is 11.5 Å². The van der Waals surface area contributed by atoms with Crippen LogP contribution in [0.1, 0.15) is 38.9 Å². The van der Waals surface area contributed by atoms with Crippen molar-refractivity contribution in [3.8, 4) is 11.5 Å². The third kappa shape index (κ3) is 3.44. The van der Waals surface area contributed by atoms with Crippen molar-refractivity contribution in [1.29, 1.82) is 0 Å². The number of carbonyl (C=O) groups is 1. The van der Waals surface area contributed by atoms with Gasteiger partial charge in [0.05, 0.1) is 28.6 Å². The van der Waals surface area contributed by atoms with Crippen LogP contribution in [0.4, 0.5) is 5.69 Å². The maximum Gasteiger partial charge on any atom is 0.295 e. The average molecular weight is 585 g/mol. The van der Waals surface area contributed by atoms with E-state index in [2.05, 4.69) is 31.9 Å². The number of hydrogen-bond donors (Lipinski definition) is 1. The Bertz CT molecular complexity index is 1560. The first-order valence-corrected chi connectivity index (χ1v) is 12.0. The average Bonchev–Trinajstić information content (AvgIpc) is 3.10. The Kier molecular flexibility index (Phi) is 5.53. The van der Waals surface area contributed by atoms with Crippen LogP contribution in [-0.4, -0.2) is 18.1 Å². The summed E-state index contributed by atoms with van der Waals surface area (Å²) in [4.78, 5) is 29.1. The van der Waals surface area contributed by atoms with E-state index in [4.69, 9.17) is 9.15 Å². The maximum atomic E-state index is 13.8.